The van der Waals surface area contributed by atoms with Gasteiger partial charge in [0.2, 0.25) is 11.6 Å². The Morgan fingerprint density at radius 3 is 2.34 bits per heavy atom. The molecule has 148 valence electrons. The second kappa shape index (κ2) is 10.1. The topological polar surface area (TPSA) is 161 Å². The van der Waals surface area contributed by atoms with Crippen molar-refractivity contribution in [2.24, 2.45) is 0 Å². The molecule has 1 aromatic carbocycles. The number of hydrazine groups is 1. The molecule has 2 N–H and O–H groups in total. The van der Waals surface area contributed by atoms with Crippen LogP contribution in [0.2, 0.25) is 0 Å². The zero-order valence-corrected chi connectivity index (χ0v) is 15.0. The minimum atomic E-state index is -0.729. The van der Waals surface area contributed by atoms with Gasteiger partial charge in [-0.1, -0.05) is 0 Å². The fourth-order valence-corrected chi connectivity index (χ4v) is 2.34. The first-order valence-corrected chi connectivity index (χ1v) is 8.28. The number of nitro groups is 1. The van der Waals surface area contributed by atoms with Crippen molar-refractivity contribution < 1.29 is 14.1 Å². The van der Waals surface area contributed by atoms with Gasteiger partial charge < -0.3 is 4.90 Å². The Morgan fingerprint density at radius 2 is 1.79 bits per heavy atom. The van der Waals surface area contributed by atoms with Gasteiger partial charge in [0.25, 0.3) is 5.91 Å². The molecular weight excluding hydrogens is 383 g/mol. The van der Waals surface area contributed by atoms with E-state index in [1.807, 2.05) is 12.1 Å². The smallest absolute Gasteiger partial charge is 0.349 e. The quantitative estimate of drug-likeness (QED) is 0.475. The third-order valence-electron chi connectivity index (χ3n) is 3.67. The van der Waals surface area contributed by atoms with Crippen LogP contribution in [-0.2, 0) is 0 Å². The molecule has 0 atom stereocenters. The average Bonchev–Trinajstić information content (AvgIpc) is 2.72. The first-order valence-electron chi connectivity index (χ1n) is 8.28. The van der Waals surface area contributed by atoms with Crippen LogP contribution >= 0.6 is 0 Å². The first kappa shape index (κ1) is 21.0. The van der Waals surface area contributed by atoms with Gasteiger partial charge in [0, 0.05) is 18.7 Å². The molecule has 0 spiro atoms. The largest absolute Gasteiger partial charge is 0.355 e. The Labute approximate surface area is 164 Å². The van der Waals surface area contributed by atoms with Crippen LogP contribution in [-0.4, -0.2) is 33.9 Å². The number of nitrogens with zero attached hydrogens (tertiary/aromatic N) is 6. The molecule has 1 aromatic heterocycles. The van der Waals surface area contributed by atoms with Gasteiger partial charge in [0.05, 0.1) is 29.9 Å². The summed E-state index contributed by atoms with van der Waals surface area (Å²) in [6, 6.07) is 8.56. The lowest BCUT2D eigenvalue weighted by Crippen LogP contribution is -2.31. The van der Waals surface area contributed by atoms with Crippen molar-refractivity contribution in [1.29, 1.82) is 10.5 Å². The highest BCUT2D eigenvalue weighted by atomic mass is 19.1. The van der Waals surface area contributed by atoms with Crippen molar-refractivity contribution in [2.45, 2.75) is 12.8 Å². The number of amides is 1. The van der Waals surface area contributed by atoms with E-state index in [4.69, 9.17) is 10.5 Å². The number of aromatic nitrogens is 2. The normalized spacial score (nSPS) is 9.76. The number of benzene rings is 1. The number of nitrogens with one attached hydrogen (secondary N) is 2. The number of carbonyl (C=O) groups excluding carboxylic acids is 1. The molecule has 0 aliphatic carbocycles. The summed E-state index contributed by atoms with van der Waals surface area (Å²) >= 11 is 0. The second-order valence-electron chi connectivity index (χ2n) is 5.54. The van der Waals surface area contributed by atoms with Gasteiger partial charge in [-0.05, 0) is 24.3 Å². The van der Waals surface area contributed by atoms with Crippen molar-refractivity contribution in [3.8, 4) is 12.1 Å². The average molecular weight is 398 g/mol. The summed E-state index contributed by atoms with van der Waals surface area (Å²) in [5, 5.41) is 29.2. The highest BCUT2D eigenvalue weighted by molar-refractivity contribution is 5.95. The summed E-state index contributed by atoms with van der Waals surface area (Å²) in [5.41, 5.74) is 4.23. The van der Waals surface area contributed by atoms with E-state index in [0.29, 0.717) is 0 Å². The molecule has 0 aliphatic rings. The minimum Gasteiger partial charge on any atom is -0.349 e. The number of halogens is 1. The summed E-state index contributed by atoms with van der Waals surface area (Å²) in [5.74, 6) is -1.55. The molecule has 0 aliphatic heterocycles. The Balaban J connectivity index is 2.27. The number of carbonyl (C=O) groups is 1. The predicted molar refractivity (Wildman–Crippen MR) is 98.8 cm³/mol. The van der Waals surface area contributed by atoms with Gasteiger partial charge in [-0.25, -0.2) is 14.4 Å². The van der Waals surface area contributed by atoms with Crippen molar-refractivity contribution in [3.63, 3.8) is 0 Å². The Morgan fingerprint density at radius 1 is 1.17 bits per heavy atom. The van der Waals surface area contributed by atoms with E-state index in [1.165, 1.54) is 17.0 Å². The van der Waals surface area contributed by atoms with Crippen molar-refractivity contribution >= 4 is 23.2 Å². The Kier molecular flexibility index (Phi) is 7.33. The van der Waals surface area contributed by atoms with Crippen LogP contribution in [0.25, 0.3) is 0 Å². The van der Waals surface area contributed by atoms with Crippen LogP contribution in [0.4, 0.5) is 21.7 Å². The summed E-state index contributed by atoms with van der Waals surface area (Å²) in [6.45, 7) is 0.245. The minimum absolute atomic E-state index is 0.0661. The molecule has 0 saturated carbocycles. The maximum atomic E-state index is 13.0. The Hall–Kier alpha value is -4.32. The van der Waals surface area contributed by atoms with E-state index in [-0.39, 0.29) is 43.1 Å². The summed E-state index contributed by atoms with van der Waals surface area (Å²) < 4.78 is 13.0. The van der Waals surface area contributed by atoms with Crippen LogP contribution in [0, 0.1) is 38.6 Å². The SMILES string of the molecule is N#CCCN(CCC#N)c1ncnc(NNC(=O)c2ccc(F)cc2)c1[N+](=O)[O-]. The van der Waals surface area contributed by atoms with Crippen LogP contribution in [0.5, 0.6) is 0 Å². The maximum Gasteiger partial charge on any atom is 0.355 e. The number of rotatable bonds is 9. The lowest BCUT2D eigenvalue weighted by atomic mass is 10.2. The molecule has 0 saturated heterocycles. The van der Waals surface area contributed by atoms with E-state index >= 15 is 0 Å². The van der Waals surface area contributed by atoms with Crippen molar-refractivity contribution in [1.82, 2.24) is 15.4 Å². The van der Waals surface area contributed by atoms with E-state index in [0.717, 1.165) is 18.5 Å². The molecule has 0 radical (unpaired) electrons. The van der Waals surface area contributed by atoms with E-state index in [9.17, 15) is 19.3 Å². The van der Waals surface area contributed by atoms with Crippen LogP contribution in [0.15, 0.2) is 30.6 Å². The highest BCUT2D eigenvalue weighted by Gasteiger charge is 2.27. The van der Waals surface area contributed by atoms with Crippen LogP contribution in [0.3, 0.4) is 0 Å². The zero-order chi connectivity index (χ0) is 21.2. The molecular formula is C17H15FN8O3. The Bertz CT molecular complexity index is 950. The molecule has 0 unspecified atom stereocenters. The number of hydrogen-bond donors (Lipinski definition) is 2. The summed E-state index contributed by atoms with van der Waals surface area (Å²) in [6.07, 6.45) is 1.19. The molecule has 12 heteroatoms. The molecule has 1 heterocycles. The standard InChI is InChI=1S/C17H15FN8O3/c18-13-5-3-12(4-6-13)17(27)24-23-15-14(26(28)29)16(22-11-21-15)25(9-1-7-19)10-2-8-20/h3-6,11H,1-2,9-10H2,(H,24,27)(H,21,22,23). The lowest BCUT2D eigenvalue weighted by molar-refractivity contribution is -0.383. The van der Waals surface area contributed by atoms with Gasteiger partial charge >= 0.3 is 5.69 Å². The fourth-order valence-electron chi connectivity index (χ4n) is 2.34. The molecule has 2 rings (SSSR count). The molecule has 2 aromatic rings. The van der Waals surface area contributed by atoms with Gasteiger partial charge in [0.1, 0.15) is 12.1 Å². The van der Waals surface area contributed by atoms with Crippen molar-refractivity contribution in [2.75, 3.05) is 23.4 Å². The van der Waals surface area contributed by atoms with Gasteiger partial charge in [-0.3, -0.25) is 25.8 Å². The zero-order valence-electron chi connectivity index (χ0n) is 15.0. The van der Waals surface area contributed by atoms with Gasteiger partial charge in [-0.15, -0.1) is 0 Å². The number of hydrogen-bond acceptors (Lipinski definition) is 9. The van der Waals surface area contributed by atoms with Crippen LogP contribution in [0.1, 0.15) is 23.2 Å². The number of anilines is 2. The molecule has 0 fully saturated rings. The fraction of sp³-hybridized carbons (Fsp3) is 0.235. The van der Waals surface area contributed by atoms with Gasteiger partial charge in [0.15, 0.2) is 0 Å². The van der Waals surface area contributed by atoms with E-state index in [1.54, 1.807) is 0 Å². The highest BCUT2D eigenvalue weighted by Crippen LogP contribution is 2.31. The summed E-state index contributed by atoms with van der Waals surface area (Å²) in [4.78, 5) is 32.2. The second-order valence-corrected chi connectivity index (χ2v) is 5.54. The number of nitriles is 2. The predicted octanol–water partition coefficient (Wildman–Crippen LogP) is 1.91. The van der Waals surface area contributed by atoms with Gasteiger partial charge in [-0.2, -0.15) is 10.5 Å². The monoisotopic (exact) mass is 398 g/mol. The maximum absolute atomic E-state index is 13.0. The summed E-state index contributed by atoms with van der Waals surface area (Å²) in [7, 11) is 0. The third-order valence-corrected chi connectivity index (χ3v) is 3.67. The third kappa shape index (κ3) is 5.58. The first-order chi connectivity index (χ1) is 14.0. The van der Waals surface area contributed by atoms with Crippen LogP contribution < -0.4 is 15.8 Å². The molecule has 11 nitrogen and oxygen atoms in total. The molecule has 1 amide bonds. The van der Waals surface area contributed by atoms with Crippen molar-refractivity contribution in [3.05, 3.63) is 52.1 Å². The lowest BCUT2D eigenvalue weighted by Gasteiger charge is -2.21. The molecule has 29 heavy (non-hydrogen) atoms. The molecule has 0 bridgehead atoms. The van der Waals surface area contributed by atoms with E-state index < -0.39 is 22.3 Å². The van der Waals surface area contributed by atoms with E-state index in [2.05, 4.69) is 20.8 Å².